The molecule has 1 aliphatic rings. The normalized spacial score (nSPS) is 15.0. The molecule has 57 heavy (non-hydrogen) atoms. The van der Waals surface area contributed by atoms with E-state index < -0.39 is 14.4 Å². The topological polar surface area (TPSA) is 149 Å². The number of rotatable bonds is 14. The smallest absolute Gasteiger partial charge is 0.412 e. The molecule has 14 heteroatoms. The van der Waals surface area contributed by atoms with E-state index >= 15 is 0 Å². The quantitative estimate of drug-likeness (QED) is 0.0795. The Morgan fingerprint density at radius 3 is 2.56 bits per heavy atom. The monoisotopic (exact) mass is 807 g/mol. The van der Waals surface area contributed by atoms with Crippen LogP contribution in [0.4, 0.5) is 10.5 Å². The first-order valence-electron chi connectivity index (χ1n) is 19.7. The summed E-state index contributed by atoms with van der Waals surface area (Å²) >= 11 is 1.58. The van der Waals surface area contributed by atoms with E-state index in [0.717, 1.165) is 89.1 Å². The van der Waals surface area contributed by atoms with Crippen molar-refractivity contribution < 1.29 is 19.4 Å². The van der Waals surface area contributed by atoms with Crippen molar-refractivity contribution >= 4 is 53.4 Å². The summed E-state index contributed by atoms with van der Waals surface area (Å²) in [6, 6.07) is 24.9. The molecule has 4 heterocycles. The fourth-order valence-electron chi connectivity index (χ4n) is 7.53. The molecule has 1 aliphatic heterocycles. The summed E-state index contributed by atoms with van der Waals surface area (Å²) in [5.41, 5.74) is 5.79. The number of anilines is 1. The number of aromatic nitrogens is 4. The summed E-state index contributed by atoms with van der Waals surface area (Å²) in [4.78, 5) is 32.4. The van der Waals surface area contributed by atoms with E-state index in [2.05, 4.69) is 77.6 Å². The van der Waals surface area contributed by atoms with Crippen LogP contribution < -0.4 is 15.8 Å². The minimum Gasteiger partial charge on any atom is -0.506 e. The van der Waals surface area contributed by atoms with Crippen LogP contribution in [0.1, 0.15) is 57.3 Å². The van der Waals surface area contributed by atoms with E-state index in [1.165, 1.54) is 6.07 Å². The van der Waals surface area contributed by atoms with Crippen molar-refractivity contribution in [3.8, 4) is 16.2 Å². The molecule has 3 aromatic heterocycles. The third-order valence-corrected chi connectivity index (χ3v) is 17.1. The van der Waals surface area contributed by atoms with Gasteiger partial charge in [0.25, 0.3) is 0 Å². The minimum atomic E-state index is -2.20. The summed E-state index contributed by atoms with van der Waals surface area (Å²) in [7, 11) is -2.20. The number of hydrogen-bond acceptors (Lipinski definition) is 9. The second-order valence-corrected chi connectivity index (χ2v) is 22.2. The number of aromatic amines is 1. The number of phenols is 1. The summed E-state index contributed by atoms with van der Waals surface area (Å²) in [6.07, 6.45) is 1.28. The van der Waals surface area contributed by atoms with E-state index in [9.17, 15) is 19.8 Å². The Morgan fingerprint density at radius 2 is 1.82 bits per heavy atom. The number of pyridine rings is 1. The number of fused-ring (bicyclic) bond motifs is 2. The van der Waals surface area contributed by atoms with Gasteiger partial charge in [0.2, 0.25) is 5.56 Å². The van der Waals surface area contributed by atoms with E-state index in [0.29, 0.717) is 18.6 Å². The molecule has 0 unspecified atom stereocenters. The van der Waals surface area contributed by atoms with Gasteiger partial charge in [0, 0.05) is 50.2 Å². The number of nitrogens with one attached hydrogen (secondary N) is 2. The maximum Gasteiger partial charge on any atom is 0.412 e. The average Bonchev–Trinajstić information content (AvgIpc) is 3.82. The molecule has 1 fully saturated rings. The largest absolute Gasteiger partial charge is 0.506 e. The molecule has 0 radical (unpaired) electrons. The molecule has 1 saturated heterocycles. The zero-order valence-electron chi connectivity index (χ0n) is 33.4. The predicted octanol–water partition coefficient (Wildman–Crippen LogP) is 8.60. The lowest BCUT2D eigenvalue weighted by atomic mass is 10.0. The van der Waals surface area contributed by atoms with Crippen molar-refractivity contribution in [2.45, 2.75) is 83.4 Å². The van der Waals surface area contributed by atoms with Crippen LogP contribution in [0.3, 0.4) is 0 Å². The van der Waals surface area contributed by atoms with Crippen molar-refractivity contribution in [1.82, 2.24) is 30.2 Å². The van der Waals surface area contributed by atoms with Gasteiger partial charge >= 0.3 is 6.09 Å². The second-order valence-electron chi connectivity index (χ2n) is 16.5. The summed E-state index contributed by atoms with van der Waals surface area (Å²) in [5, 5.41) is 36.1. The number of hydrogen-bond donors (Lipinski definition) is 4. The third kappa shape index (κ3) is 9.00. The van der Waals surface area contributed by atoms with Crippen molar-refractivity contribution in [2.24, 2.45) is 0 Å². The zero-order valence-corrected chi connectivity index (χ0v) is 35.2. The van der Waals surface area contributed by atoms with Gasteiger partial charge in [0.05, 0.1) is 27.7 Å². The predicted molar refractivity (Wildman–Crippen MR) is 231 cm³/mol. The summed E-state index contributed by atoms with van der Waals surface area (Å²) in [6.45, 7) is 15.6. The zero-order chi connectivity index (χ0) is 40.3. The number of thiophene rings is 1. The van der Waals surface area contributed by atoms with Gasteiger partial charge in [-0.3, -0.25) is 9.69 Å². The minimum absolute atomic E-state index is 0.0121. The highest BCUT2D eigenvalue weighted by atomic mass is 32.1. The van der Waals surface area contributed by atoms with Gasteiger partial charge < -0.3 is 29.8 Å². The molecule has 4 N–H and O–H groups in total. The number of carbonyl (C=O) groups is 1. The second kappa shape index (κ2) is 16.9. The maximum atomic E-state index is 12.5. The van der Waals surface area contributed by atoms with Crippen LogP contribution in [0, 0.1) is 0 Å². The lowest BCUT2D eigenvalue weighted by molar-refractivity contribution is 0.180. The molecule has 1 atom stereocenters. The Labute approximate surface area is 338 Å². The molecule has 6 aromatic rings. The highest BCUT2D eigenvalue weighted by Crippen LogP contribution is 2.41. The summed E-state index contributed by atoms with van der Waals surface area (Å²) in [5.74, 6) is 0.0314. The number of H-pyrrole nitrogens is 1. The number of phenolic OH excluding ortho intramolecular Hbond substituents is 1. The first-order valence-corrected chi connectivity index (χ1v) is 23.5. The van der Waals surface area contributed by atoms with E-state index in [4.69, 9.17) is 4.43 Å². The Kier molecular flexibility index (Phi) is 12.0. The third-order valence-electron chi connectivity index (χ3n) is 11.6. The highest BCUT2D eigenvalue weighted by molar-refractivity contribution is 7.14. The van der Waals surface area contributed by atoms with Crippen LogP contribution in [0.2, 0.25) is 18.1 Å². The lowest BCUT2D eigenvalue weighted by Crippen LogP contribution is -2.47. The van der Waals surface area contributed by atoms with Gasteiger partial charge in [0.1, 0.15) is 11.3 Å². The van der Waals surface area contributed by atoms with Crippen LogP contribution >= 0.6 is 11.3 Å². The molecule has 0 spiro atoms. The van der Waals surface area contributed by atoms with Gasteiger partial charge in [-0.1, -0.05) is 68.4 Å². The van der Waals surface area contributed by atoms with Crippen LogP contribution in [-0.2, 0) is 17.5 Å². The van der Waals surface area contributed by atoms with Crippen molar-refractivity contribution in [2.75, 3.05) is 31.1 Å². The number of carboxylic acid groups (broad SMARTS) is 1. The first-order chi connectivity index (χ1) is 27.3. The molecule has 1 amide bonds. The number of benzene rings is 3. The Balaban J connectivity index is 0.943. The van der Waals surface area contributed by atoms with Crippen LogP contribution in [0.25, 0.3) is 32.4 Å². The van der Waals surface area contributed by atoms with Crippen molar-refractivity contribution in [3.63, 3.8) is 0 Å². The number of likely N-dealkylation sites (tertiary alicyclic amines) is 1. The Bertz CT molecular complexity index is 2380. The Hall–Kier alpha value is -4.86. The Morgan fingerprint density at radius 1 is 1.05 bits per heavy atom. The molecule has 0 aliphatic carbocycles. The molecule has 0 bridgehead atoms. The van der Waals surface area contributed by atoms with Crippen LogP contribution in [0.15, 0.2) is 89.0 Å². The van der Waals surface area contributed by atoms with Gasteiger partial charge in [-0.2, -0.15) is 0 Å². The van der Waals surface area contributed by atoms with E-state index in [1.54, 1.807) is 28.4 Å². The van der Waals surface area contributed by atoms with E-state index in [-0.39, 0.29) is 28.5 Å². The fourth-order valence-corrected chi connectivity index (χ4v) is 9.69. The lowest BCUT2D eigenvalue weighted by Gasteiger charge is -2.39. The van der Waals surface area contributed by atoms with Gasteiger partial charge in [0.15, 0.2) is 8.32 Å². The van der Waals surface area contributed by atoms with Gasteiger partial charge in [-0.15, -0.1) is 16.4 Å². The number of piperidine rings is 1. The van der Waals surface area contributed by atoms with Gasteiger partial charge in [-0.05, 0) is 96.3 Å². The molecule has 0 saturated carbocycles. The van der Waals surface area contributed by atoms with Gasteiger partial charge in [-0.25, -0.2) is 9.48 Å². The van der Waals surface area contributed by atoms with E-state index in [1.807, 2.05) is 52.5 Å². The molecule has 7 rings (SSSR count). The number of aryl methyl sites for hydroxylation is 1. The summed E-state index contributed by atoms with van der Waals surface area (Å²) < 4.78 is 8.94. The average molecular weight is 808 g/mol. The van der Waals surface area contributed by atoms with Crippen LogP contribution in [-0.4, -0.2) is 81.7 Å². The number of nitrogens with zero attached hydrogens (tertiary/aromatic N) is 5. The SMILES string of the molecule is CC(C)(C)[Si](C)(C)O[C@@H](CNCc1ccc2c(c1)nnn2CCCN1CCC(N(C(=O)O)c2ccsc2-c2ccccc2)CC1)c1ccc(O)c2[nH]c(=O)ccc12. The standard InChI is InChI=1S/C43H53N7O5SSi/c1-43(2,3)57(4,5)55-38(32-13-16-37(51)40-33(32)14-17-39(52)45-40)28-44-27-29-12-15-35-34(26-29)46-47-49(35)22-9-21-48-23-18-31(19-24-48)50(42(53)54)36-20-25-56-41(36)30-10-7-6-8-11-30/h6-8,10-17,20,25-26,31,38,44,51H,9,18-19,21-24,27-28H2,1-5H3,(H,45,52)(H,53,54)/t38-/m0/s1. The molecule has 300 valence electrons. The number of aromatic hydroxyl groups is 1. The van der Waals surface area contributed by atoms with Crippen LogP contribution in [0.5, 0.6) is 5.75 Å². The first kappa shape index (κ1) is 40.3. The highest BCUT2D eigenvalue weighted by Gasteiger charge is 2.40. The van der Waals surface area contributed by atoms with Crippen molar-refractivity contribution in [3.05, 3.63) is 106 Å². The molecule has 12 nitrogen and oxygen atoms in total. The van der Waals surface area contributed by atoms with Crippen molar-refractivity contribution in [1.29, 1.82) is 0 Å². The maximum absolute atomic E-state index is 12.5. The fraction of sp³-hybridized carbons (Fsp3) is 0.395. The molecular weight excluding hydrogens is 755 g/mol. The molecule has 3 aromatic carbocycles. The number of amides is 1. The molecular formula is C43H53N7O5SSi.